The summed E-state index contributed by atoms with van der Waals surface area (Å²) in [6.07, 6.45) is 0. The second-order valence-corrected chi connectivity index (χ2v) is 15.0. The first kappa shape index (κ1) is 30.8. The molecule has 0 radical (unpaired) electrons. The van der Waals surface area contributed by atoms with Gasteiger partial charge in [0.15, 0.2) is 17.5 Å². The fourth-order valence-electron chi connectivity index (χ4n) is 8.66. The minimum absolute atomic E-state index is 0.525. The van der Waals surface area contributed by atoms with E-state index in [-0.39, 0.29) is 0 Å². The SMILES string of the molecule is c1ccc(-c2nc(-c3ccc4c(c3)C(c3ccccc3)(c3ccccc3)c3ccccc3-4)nc(-c3cc4ccccc4c4sc5ccccc5c34)n2)cc1. The predicted octanol–water partition coefficient (Wildman–Crippen LogP) is 12.8. The van der Waals surface area contributed by atoms with Gasteiger partial charge in [-0.3, -0.25) is 0 Å². The Labute approximate surface area is 316 Å². The van der Waals surface area contributed by atoms with Gasteiger partial charge < -0.3 is 0 Å². The zero-order valence-corrected chi connectivity index (χ0v) is 30.0. The van der Waals surface area contributed by atoms with Crippen molar-refractivity contribution in [2.75, 3.05) is 0 Å². The monoisotopic (exact) mass is 705 g/mol. The Kier molecular flexibility index (Phi) is 6.94. The summed E-state index contributed by atoms with van der Waals surface area (Å²) >= 11 is 1.83. The fourth-order valence-corrected chi connectivity index (χ4v) is 9.93. The molecule has 0 saturated carbocycles. The molecule has 1 aliphatic carbocycles. The summed E-state index contributed by atoms with van der Waals surface area (Å²) in [7, 11) is 0. The van der Waals surface area contributed by atoms with Crippen molar-refractivity contribution in [1.82, 2.24) is 15.0 Å². The van der Waals surface area contributed by atoms with E-state index in [2.05, 4.69) is 170 Å². The zero-order valence-electron chi connectivity index (χ0n) is 29.1. The van der Waals surface area contributed by atoms with Crippen LogP contribution in [-0.4, -0.2) is 15.0 Å². The van der Waals surface area contributed by atoms with E-state index < -0.39 is 5.41 Å². The summed E-state index contributed by atoms with van der Waals surface area (Å²) in [5.74, 6) is 1.96. The molecule has 0 unspecified atom stereocenters. The molecule has 11 rings (SSSR count). The Morgan fingerprint density at radius 3 is 1.72 bits per heavy atom. The molecule has 0 aliphatic heterocycles. The van der Waals surface area contributed by atoms with Crippen molar-refractivity contribution in [3.63, 3.8) is 0 Å². The van der Waals surface area contributed by atoms with E-state index in [1.54, 1.807) is 0 Å². The van der Waals surface area contributed by atoms with Gasteiger partial charge in [0.25, 0.3) is 0 Å². The number of thiophene rings is 1. The molecule has 2 heterocycles. The first-order valence-electron chi connectivity index (χ1n) is 18.3. The topological polar surface area (TPSA) is 38.7 Å². The average Bonchev–Trinajstić information content (AvgIpc) is 3.79. The number of hydrogen-bond acceptors (Lipinski definition) is 4. The van der Waals surface area contributed by atoms with Crippen molar-refractivity contribution < 1.29 is 0 Å². The number of aromatic nitrogens is 3. The number of fused-ring (bicyclic) bond motifs is 8. The molecule has 0 amide bonds. The van der Waals surface area contributed by atoms with Crippen LogP contribution in [0.25, 0.3) is 76.2 Å². The molecule has 0 spiro atoms. The lowest BCUT2D eigenvalue weighted by Gasteiger charge is -2.34. The first-order valence-corrected chi connectivity index (χ1v) is 19.1. The van der Waals surface area contributed by atoms with Crippen LogP contribution in [0.5, 0.6) is 0 Å². The van der Waals surface area contributed by atoms with Gasteiger partial charge in [-0.25, -0.2) is 15.0 Å². The average molecular weight is 706 g/mol. The van der Waals surface area contributed by atoms with Gasteiger partial charge in [-0.1, -0.05) is 170 Å². The van der Waals surface area contributed by atoms with Gasteiger partial charge in [-0.2, -0.15) is 0 Å². The lowest BCUT2D eigenvalue weighted by atomic mass is 9.67. The standard InChI is InChI=1S/C50H31N3S/c1-4-16-32(17-5-1)47-51-48(53-49(52-47)41-30-33-18-10-11-23-37(33)46-45(41)40-25-13-15-27-44(40)54-46)34-28-29-39-38-24-12-14-26-42(38)50(43(39)31-34,35-19-6-2-7-20-35)36-21-8-3-9-22-36/h1-31H. The van der Waals surface area contributed by atoms with Crippen molar-refractivity contribution in [2.45, 2.75) is 5.41 Å². The van der Waals surface area contributed by atoms with Crippen molar-refractivity contribution >= 4 is 42.3 Å². The minimum Gasteiger partial charge on any atom is -0.208 e. The van der Waals surface area contributed by atoms with E-state index in [9.17, 15) is 0 Å². The summed E-state index contributed by atoms with van der Waals surface area (Å²) in [5.41, 5.74) is 9.81. The largest absolute Gasteiger partial charge is 0.208 e. The molecule has 2 aromatic heterocycles. The van der Waals surface area contributed by atoms with Crippen LogP contribution >= 0.6 is 11.3 Å². The molecule has 1 aliphatic rings. The van der Waals surface area contributed by atoms with E-state index in [0.29, 0.717) is 17.5 Å². The third-order valence-corrected chi connectivity index (χ3v) is 12.2. The van der Waals surface area contributed by atoms with E-state index >= 15 is 0 Å². The number of nitrogens with zero attached hydrogens (tertiary/aromatic N) is 3. The quantitative estimate of drug-likeness (QED) is 0.179. The number of benzene rings is 8. The van der Waals surface area contributed by atoms with Gasteiger partial charge in [0.1, 0.15) is 0 Å². The third kappa shape index (κ3) is 4.57. The minimum atomic E-state index is -0.525. The highest BCUT2D eigenvalue weighted by atomic mass is 32.1. The molecule has 3 nitrogen and oxygen atoms in total. The van der Waals surface area contributed by atoms with Crippen LogP contribution in [-0.2, 0) is 5.41 Å². The molecular weight excluding hydrogens is 675 g/mol. The van der Waals surface area contributed by atoms with Crippen molar-refractivity contribution in [2.24, 2.45) is 0 Å². The molecule has 0 saturated heterocycles. The smallest absolute Gasteiger partial charge is 0.164 e. The molecular formula is C50H31N3S. The second-order valence-electron chi connectivity index (χ2n) is 13.9. The molecule has 0 N–H and O–H groups in total. The summed E-state index contributed by atoms with van der Waals surface area (Å²) in [6.45, 7) is 0. The van der Waals surface area contributed by atoms with Gasteiger partial charge in [0.2, 0.25) is 0 Å². The fraction of sp³-hybridized carbons (Fsp3) is 0.0200. The summed E-state index contributed by atoms with van der Waals surface area (Å²) < 4.78 is 2.50. The number of rotatable bonds is 5. The lowest BCUT2D eigenvalue weighted by Crippen LogP contribution is -2.28. The van der Waals surface area contributed by atoms with Gasteiger partial charge in [-0.05, 0) is 62.4 Å². The van der Waals surface area contributed by atoms with E-state index in [4.69, 9.17) is 15.0 Å². The molecule has 4 heteroatoms. The maximum Gasteiger partial charge on any atom is 0.164 e. The van der Waals surface area contributed by atoms with Gasteiger partial charge in [-0.15, -0.1) is 11.3 Å². The zero-order chi connectivity index (χ0) is 35.6. The maximum atomic E-state index is 5.39. The Bertz CT molecular complexity index is 3000. The molecule has 54 heavy (non-hydrogen) atoms. The van der Waals surface area contributed by atoms with Crippen LogP contribution in [0.4, 0.5) is 0 Å². The van der Waals surface area contributed by atoms with E-state index in [1.807, 2.05) is 29.5 Å². The van der Waals surface area contributed by atoms with Crippen LogP contribution in [0.15, 0.2) is 188 Å². The Hall–Kier alpha value is -6.75. The van der Waals surface area contributed by atoms with Gasteiger partial charge in [0, 0.05) is 36.9 Å². The molecule has 0 bridgehead atoms. The van der Waals surface area contributed by atoms with Crippen LogP contribution in [0, 0.1) is 0 Å². The normalized spacial score (nSPS) is 13.0. The van der Waals surface area contributed by atoms with Crippen molar-refractivity contribution in [3.8, 4) is 45.3 Å². The predicted molar refractivity (Wildman–Crippen MR) is 224 cm³/mol. The molecule has 8 aromatic carbocycles. The van der Waals surface area contributed by atoms with Crippen LogP contribution in [0.1, 0.15) is 22.3 Å². The molecule has 0 fully saturated rings. The Morgan fingerprint density at radius 1 is 0.389 bits per heavy atom. The third-order valence-electron chi connectivity index (χ3n) is 11.0. The summed E-state index contributed by atoms with van der Waals surface area (Å²) in [6, 6.07) is 67.3. The highest BCUT2D eigenvalue weighted by Gasteiger charge is 2.46. The highest BCUT2D eigenvalue weighted by Crippen LogP contribution is 2.56. The van der Waals surface area contributed by atoms with Crippen LogP contribution < -0.4 is 0 Å². The summed E-state index contributed by atoms with van der Waals surface area (Å²) in [5, 5.41) is 4.81. The van der Waals surface area contributed by atoms with Gasteiger partial charge >= 0.3 is 0 Å². The second kappa shape index (κ2) is 12.2. The van der Waals surface area contributed by atoms with Crippen molar-refractivity contribution in [3.05, 3.63) is 210 Å². The highest BCUT2D eigenvalue weighted by molar-refractivity contribution is 7.26. The van der Waals surface area contributed by atoms with Crippen LogP contribution in [0.3, 0.4) is 0 Å². The Morgan fingerprint density at radius 2 is 0.963 bits per heavy atom. The van der Waals surface area contributed by atoms with Crippen molar-refractivity contribution in [1.29, 1.82) is 0 Å². The molecule has 0 atom stereocenters. The summed E-state index contributed by atoms with van der Waals surface area (Å²) in [4.78, 5) is 15.9. The van der Waals surface area contributed by atoms with Crippen LogP contribution in [0.2, 0.25) is 0 Å². The number of hydrogen-bond donors (Lipinski definition) is 0. The Balaban J connectivity index is 1.20. The molecule has 252 valence electrons. The lowest BCUT2D eigenvalue weighted by molar-refractivity contribution is 0.768. The van der Waals surface area contributed by atoms with E-state index in [0.717, 1.165) is 16.7 Å². The van der Waals surface area contributed by atoms with Gasteiger partial charge in [0.05, 0.1) is 5.41 Å². The maximum absolute atomic E-state index is 5.39. The first-order chi connectivity index (χ1) is 26.8. The van der Waals surface area contributed by atoms with E-state index in [1.165, 1.54) is 64.3 Å². The molecule has 10 aromatic rings.